The molecule has 0 bridgehead atoms. The van der Waals surface area contributed by atoms with Crippen molar-refractivity contribution in [1.82, 2.24) is 4.98 Å². The van der Waals surface area contributed by atoms with Crippen molar-refractivity contribution in [3.05, 3.63) is 22.3 Å². The molecule has 0 aliphatic carbocycles. The maximum atomic E-state index is 11.4. The van der Waals surface area contributed by atoms with Gasteiger partial charge in [-0.1, -0.05) is 0 Å². The second-order valence-corrected chi connectivity index (χ2v) is 4.29. The number of rotatable bonds is 1. The zero-order valence-electron chi connectivity index (χ0n) is 8.16. The third-order valence-corrected chi connectivity index (χ3v) is 3.11. The number of hydrogen-bond acceptors (Lipinski definition) is 3. The SMILES string of the molecule is Cc1nc(N2CC(=O)CC2=O)ccc1Br. The van der Waals surface area contributed by atoms with E-state index in [4.69, 9.17) is 0 Å². The smallest absolute Gasteiger partial charge is 0.236 e. The van der Waals surface area contributed by atoms with Crippen LogP contribution in [0.2, 0.25) is 0 Å². The number of nitrogens with zero attached hydrogens (tertiary/aromatic N) is 2. The van der Waals surface area contributed by atoms with Gasteiger partial charge in [-0.2, -0.15) is 0 Å². The first-order chi connectivity index (χ1) is 7.08. The van der Waals surface area contributed by atoms with Crippen molar-refractivity contribution in [2.45, 2.75) is 13.3 Å². The predicted octanol–water partition coefficient (Wildman–Crippen LogP) is 1.46. The second-order valence-electron chi connectivity index (χ2n) is 3.43. The number of aryl methyl sites for hydroxylation is 1. The summed E-state index contributed by atoms with van der Waals surface area (Å²) in [6.45, 7) is 1.99. The van der Waals surface area contributed by atoms with E-state index >= 15 is 0 Å². The minimum atomic E-state index is -0.172. The Bertz CT molecular complexity index is 445. The van der Waals surface area contributed by atoms with Gasteiger partial charge in [0.05, 0.1) is 18.7 Å². The van der Waals surface area contributed by atoms with Crippen LogP contribution in [0, 0.1) is 6.92 Å². The number of halogens is 1. The van der Waals surface area contributed by atoms with Gasteiger partial charge in [-0.3, -0.25) is 14.5 Å². The molecule has 1 aromatic heterocycles. The molecule has 1 aliphatic heterocycles. The van der Waals surface area contributed by atoms with E-state index in [0.29, 0.717) is 5.82 Å². The first-order valence-corrected chi connectivity index (χ1v) is 5.32. The van der Waals surface area contributed by atoms with Crippen LogP contribution in [-0.4, -0.2) is 23.2 Å². The van der Waals surface area contributed by atoms with Gasteiger partial charge in [-0.25, -0.2) is 4.98 Å². The Morgan fingerprint density at radius 2 is 2.13 bits per heavy atom. The standard InChI is InChI=1S/C10H9BrN2O2/c1-6-8(11)2-3-9(12-6)13-5-7(14)4-10(13)15/h2-3H,4-5H2,1H3. The van der Waals surface area contributed by atoms with Crippen LogP contribution in [0.25, 0.3) is 0 Å². The highest BCUT2D eigenvalue weighted by atomic mass is 79.9. The second kappa shape index (κ2) is 3.73. The molecule has 0 spiro atoms. The normalized spacial score (nSPS) is 16.3. The molecule has 2 rings (SSSR count). The summed E-state index contributed by atoms with van der Waals surface area (Å²) in [7, 11) is 0. The van der Waals surface area contributed by atoms with E-state index < -0.39 is 0 Å². The summed E-state index contributed by atoms with van der Waals surface area (Å²) in [5.41, 5.74) is 0.805. The van der Waals surface area contributed by atoms with Gasteiger partial charge in [0, 0.05) is 4.47 Å². The van der Waals surface area contributed by atoms with E-state index in [1.165, 1.54) is 4.90 Å². The lowest BCUT2D eigenvalue weighted by molar-refractivity contribution is -0.121. The quantitative estimate of drug-likeness (QED) is 0.725. The number of Topliss-reactive ketones (excluding diaryl/α,β-unsaturated/α-hetero) is 1. The third-order valence-electron chi connectivity index (χ3n) is 2.27. The van der Waals surface area contributed by atoms with Gasteiger partial charge < -0.3 is 0 Å². The Morgan fingerprint density at radius 3 is 2.67 bits per heavy atom. The van der Waals surface area contributed by atoms with Crippen LogP contribution in [0.15, 0.2) is 16.6 Å². The van der Waals surface area contributed by atoms with E-state index in [1.807, 2.05) is 13.0 Å². The summed E-state index contributed by atoms with van der Waals surface area (Å²) < 4.78 is 0.893. The fourth-order valence-electron chi connectivity index (χ4n) is 1.47. The van der Waals surface area contributed by atoms with Crippen molar-refractivity contribution in [1.29, 1.82) is 0 Å². The molecule has 78 valence electrons. The van der Waals surface area contributed by atoms with Gasteiger partial charge in [-0.05, 0) is 35.0 Å². The fourth-order valence-corrected chi connectivity index (χ4v) is 1.70. The first kappa shape index (κ1) is 10.3. The van der Waals surface area contributed by atoms with Crippen LogP contribution < -0.4 is 4.90 Å². The Kier molecular flexibility index (Phi) is 2.56. The summed E-state index contributed by atoms with van der Waals surface area (Å²) in [4.78, 5) is 28.2. The number of carbonyl (C=O) groups excluding carboxylic acids is 2. The maximum Gasteiger partial charge on any atom is 0.236 e. The number of pyridine rings is 1. The Labute approximate surface area is 95.4 Å². The van der Waals surface area contributed by atoms with Crippen molar-refractivity contribution in [3.8, 4) is 0 Å². The molecule has 2 heterocycles. The Balaban J connectivity index is 2.34. The molecular weight excluding hydrogens is 260 g/mol. The van der Waals surface area contributed by atoms with Crippen molar-refractivity contribution in [2.75, 3.05) is 11.4 Å². The molecule has 1 fully saturated rings. The van der Waals surface area contributed by atoms with Gasteiger partial charge in [0.2, 0.25) is 5.91 Å². The lowest BCUT2D eigenvalue weighted by Crippen LogP contribution is -2.25. The molecule has 1 aromatic rings. The molecule has 0 saturated carbocycles. The molecule has 15 heavy (non-hydrogen) atoms. The van der Waals surface area contributed by atoms with Crippen LogP contribution >= 0.6 is 15.9 Å². The average Bonchev–Trinajstić information content (AvgIpc) is 2.50. The van der Waals surface area contributed by atoms with Crippen LogP contribution in [0.5, 0.6) is 0 Å². The molecule has 5 heteroatoms. The minimum Gasteiger partial charge on any atom is -0.297 e. The van der Waals surface area contributed by atoms with Gasteiger partial charge in [-0.15, -0.1) is 0 Å². The first-order valence-electron chi connectivity index (χ1n) is 4.53. The number of ketones is 1. The average molecular weight is 269 g/mol. The molecule has 4 nitrogen and oxygen atoms in total. The summed E-state index contributed by atoms with van der Waals surface area (Å²) in [6, 6.07) is 3.56. The monoisotopic (exact) mass is 268 g/mol. The topological polar surface area (TPSA) is 50.3 Å². The molecule has 0 unspecified atom stereocenters. The van der Waals surface area contributed by atoms with E-state index in [-0.39, 0.29) is 24.7 Å². The lowest BCUT2D eigenvalue weighted by atomic mass is 10.3. The number of hydrogen-bond donors (Lipinski definition) is 0. The lowest BCUT2D eigenvalue weighted by Gasteiger charge is -2.14. The summed E-state index contributed by atoms with van der Waals surface area (Å²) in [6.07, 6.45) is -0.00318. The van der Waals surface area contributed by atoms with Gasteiger partial charge in [0.1, 0.15) is 5.82 Å². The summed E-state index contributed by atoms with van der Waals surface area (Å²) in [5.74, 6) is 0.322. The summed E-state index contributed by atoms with van der Waals surface area (Å²) in [5, 5.41) is 0. The minimum absolute atomic E-state index is 0.00318. The highest BCUT2D eigenvalue weighted by Gasteiger charge is 2.29. The molecule has 0 radical (unpaired) electrons. The molecular formula is C10H9BrN2O2. The maximum absolute atomic E-state index is 11.4. The van der Waals surface area contributed by atoms with Gasteiger partial charge in [0.15, 0.2) is 5.78 Å². The van der Waals surface area contributed by atoms with Crippen LogP contribution in [0.4, 0.5) is 5.82 Å². The van der Waals surface area contributed by atoms with E-state index in [2.05, 4.69) is 20.9 Å². The Hall–Kier alpha value is -1.23. The summed E-state index contributed by atoms with van der Waals surface area (Å²) >= 11 is 3.33. The van der Waals surface area contributed by atoms with Crippen molar-refractivity contribution < 1.29 is 9.59 Å². The highest BCUT2D eigenvalue weighted by molar-refractivity contribution is 9.10. The number of amides is 1. The molecule has 0 aromatic carbocycles. The number of anilines is 1. The van der Waals surface area contributed by atoms with Crippen LogP contribution in [0.1, 0.15) is 12.1 Å². The van der Waals surface area contributed by atoms with Crippen molar-refractivity contribution >= 4 is 33.4 Å². The van der Waals surface area contributed by atoms with Crippen molar-refractivity contribution in [2.24, 2.45) is 0 Å². The van der Waals surface area contributed by atoms with Gasteiger partial charge in [0.25, 0.3) is 0 Å². The molecule has 0 atom stereocenters. The zero-order chi connectivity index (χ0) is 11.0. The highest BCUT2D eigenvalue weighted by Crippen LogP contribution is 2.21. The molecule has 0 N–H and O–H groups in total. The molecule has 1 amide bonds. The van der Waals surface area contributed by atoms with Crippen LogP contribution in [-0.2, 0) is 9.59 Å². The largest absolute Gasteiger partial charge is 0.297 e. The van der Waals surface area contributed by atoms with Gasteiger partial charge >= 0.3 is 0 Å². The third kappa shape index (κ3) is 1.92. The molecule has 1 saturated heterocycles. The number of carbonyl (C=O) groups is 2. The zero-order valence-corrected chi connectivity index (χ0v) is 9.74. The Morgan fingerprint density at radius 1 is 1.40 bits per heavy atom. The van der Waals surface area contributed by atoms with Crippen molar-refractivity contribution in [3.63, 3.8) is 0 Å². The van der Waals surface area contributed by atoms with E-state index in [9.17, 15) is 9.59 Å². The van der Waals surface area contributed by atoms with E-state index in [0.717, 1.165) is 10.2 Å². The molecule has 1 aliphatic rings. The number of aromatic nitrogens is 1. The fraction of sp³-hybridized carbons (Fsp3) is 0.300. The van der Waals surface area contributed by atoms with E-state index in [1.54, 1.807) is 6.07 Å². The van der Waals surface area contributed by atoms with Crippen LogP contribution in [0.3, 0.4) is 0 Å². The predicted molar refractivity (Wildman–Crippen MR) is 58.7 cm³/mol.